The summed E-state index contributed by atoms with van der Waals surface area (Å²) >= 11 is 0. The summed E-state index contributed by atoms with van der Waals surface area (Å²) < 4.78 is 6.06. The average molecular weight is 571 g/mol. The third-order valence-electron chi connectivity index (χ3n) is 9.64. The van der Waals surface area contributed by atoms with Crippen molar-refractivity contribution in [3.05, 3.63) is 158 Å². The topological polar surface area (TPSA) is 13.1 Å². The van der Waals surface area contributed by atoms with Gasteiger partial charge in [0.05, 0.1) is 0 Å². The minimum absolute atomic E-state index is 0.924. The lowest BCUT2D eigenvalue weighted by atomic mass is 9.86. The van der Waals surface area contributed by atoms with Crippen molar-refractivity contribution in [3.63, 3.8) is 0 Å². The van der Waals surface area contributed by atoms with E-state index in [1.807, 2.05) is 12.1 Å². The number of benzene rings is 9. The second kappa shape index (κ2) is 9.29. The van der Waals surface area contributed by atoms with Crippen LogP contribution in [0.2, 0.25) is 0 Å². The molecule has 0 aliphatic rings. The molecule has 0 radical (unpaired) electrons. The standard InChI is InChI=1S/C44H26O/c1-4-13-36-31(9-1)32-10-2-6-15-38(32)44-40-26-29(21-23-34(40)33-11-3-5-14-37(33)43(36)44)27-17-19-28(20-18-27)30-22-24-42-39(25-30)35-12-7-8-16-41(35)45-42/h1-26H. The molecular formula is C44H26O. The molecule has 0 aliphatic heterocycles. The smallest absolute Gasteiger partial charge is 0.135 e. The molecule has 45 heavy (non-hydrogen) atoms. The molecule has 208 valence electrons. The minimum Gasteiger partial charge on any atom is -0.456 e. The Labute approximate surface area is 259 Å². The third-order valence-corrected chi connectivity index (χ3v) is 9.64. The molecule has 10 rings (SSSR count). The van der Waals surface area contributed by atoms with Crippen molar-refractivity contribution in [2.75, 3.05) is 0 Å². The van der Waals surface area contributed by atoms with Crippen molar-refractivity contribution in [2.24, 2.45) is 0 Å². The summed E-state index contributed by atoms with van der Waals surface area (Å²) in [6.07, 6.45) is 0. The number of fused-ring (bicyclic) bond motifs is 14. The van der Waals surface area contributed by atoms with E-state index in [-0.39, 0.29) is 0 Å². The van der Waals surface area contributed by atoms with E-state index in [2.05, 4.69) is 146 Å². The van der Waals surface area contributed by atoms with E-state index in [1.54, 1.807) is 0 Å². The van der Waals surface area contributed by atoms with Gasteiger partial charge in [0, 0.05) is 10.8 Å². The van der Waals surface area contributed by atoms with Gasteiger partial charge in [0.1, 0.15) is 11.2 Å². The molecule has 0 spiro atoms. The lowest BCUT2D eigenvalue weighted by molar-refractivity contribution is 0.669. The first-order chi connectivity index (χ1) is 22.3. The molecule has 9 aromatic carbocycles. The molecular weight excluding hydrogens is 544 g/mol. The van der Waals surface area contributed by atoms with Crippen LogP contribution in [0.25, 0.3) is 98.1 Å². The Morgan fingerprint density at radius 1 is 0.244 bits per heavy atom. The Hall–Kier alpha value is -5.92. The molecule has 0 amide bonds. The molecule has 1 nitrogen and oxygen atoms in total. The molecule has 0 N–H and O–H groups in total. The largest absolute Gasteiger partial charge is 0.456 e. The van der Waals surface area contributed by atoms with Gasteiger partial charge in [-0.05, 0) is 100 Å². The van der Waals surface area contributed by atoms with Crippen LogP contribution in [-0.2, 0) is 0 Å². The zero-order valence-electron chi connectivity index (χ0n) is 24.4. The summed E-state index contributed by atoms with van der Waals surface area (Å²) in [5, 5.41) is 15.4. The maximum absolute atomic E-state index is 6.06. The van der Waals surface area contributed by atoms with Crippen LogP contribution in [0.5, 0.6) is 0 Å². The molecule has 1 heteroatoms. The highest BCUT2D eigenvalue weighted by Gasteiger charge is 2.16. The molecule has 0 saturated heterocycles. The SMILES string of the molecule is c1ccc2c(c1)oc1ccc(-c3ccc(-c4ccc5c6ccccc6c6c7ccccc7c7ccccc7c6c5c4)cc3)cc12. The molecule has 1 heterocycles. The zero-order valence-corrected chi connectivity index (χ0v) is 24.4. The van der Waals surface area contributed by atoms with Gasteiger partial charge in [-0.25, -0.2) is 0 Å². The Morgan fingerprint density at radius 3 is 1.20 bits per heavy atom. The van der Waals surface area contributed by atoms with Gasteiger partial charge in [-0.15, -0.1) is 0 Å². The van der Waals surface area contributed by atoms with Crippen molar-refractivity contribution < 1.29 is 4.42 Å². The van der Waals surface area contributed by atoms with E-state index < -0.39 is 0 Å². The number of para-hydroxylation sites is 1. The van der Waals surface area contributed by atoms with Gasteiger partial charge in [-0.2, -0.15) is 0 Å². The zero-order chi connectivity index (χ0) is 29.5. The fourth-order valence-electron chi connectivity index (χ4n) is 7.56. The molecule has 0 unspecified atom stereocenters. The average Bonchev–Trinajstić information content (AvgIpc) is 3.49. The van der Waals surface area contributed by atoms with Crippen LogP contribution in [0, 0.1) is 0 Å². The molecule has 0 fully saturated rings. The summed E-state index contributed by atoms with van der Waals surface area (Å²) in [5.74, 6) is 0. The minimum atomic E-state index is 0.924. The lowest BCUT2D eigenvalue weighted by Crippen LogP contribution is -1.89. The fraction of sp³-hybridized carbons (Fsp3) is 0. The van der Waals surface area contributed by atoms with Gasteiger partial charge in [0.15, 0.2) is 0 Å². The molecule has 0 bridgehead atoms. The highest BCUT2D eigenvalue weighted by Crippen LogP contribution is 2.44. The number of hydrogen-bond acceptors (Lipinski definition) is 1. The third kappa shape index (κ3) is 3.56. The predicted molar refractivity (Wildman–Crippen MR) is 192 cm³/mol. The van der Waals surface area contributed by atoms with E-state index >= 15 is 0 Å². The van der Waals surface area contributed by atoms with Gasteiger partial charge in [-0.1, -0.05) is 133 Å². The first-order valence-electron chi connectivity index (χ1n) is 15.5. The first-order valence-corrected chi connectivity index (χ1v) is 15.5. The van der Waals surface area contributed by atoms with Crippen LogP contribution >= 0.6 is 0 Å². The summed E-state index contributed by atoms with van der Waals surface area (Å²) in [6, 6.07) is 57.4. The fourth-order valence-corrected chi connectivity index (χ4v) is 7.56. The van der Waals surface area contributed by atoms with E-state index in [4.69, 9.17) is 4.42 Å². The predicted octanol–water partition coefficient (Wildman–Crippen LogP) is 12.7. The Kier molecular flexibility index (Phi) is 5.06. The van der Waals surface area contributed by atoms with Crippen molar-refractivity contribution in [3.8, 4) is 22.3 Å². The van der Waals surface area contributed by atoms with E-state index in [9.17, 15) is 0 Å². The maximum Gasteiger partial charge on any atom is 0.135 e. The van der Waals surface area contributed by atoms with Crippen molar-refractivity contribution >= 4 is 75.8 Å². The number of furan rings is 1. The number of rotatable bonds is 2. The summed E-state index contributed by atoms with van der Waals surface area (Å²) in [6.45, 7) is 0. The highest BCUT2D eigenvalue weighted by molar-refractivity contribution is 6.39. The lowest BCUT2D eigenvalue weighted by Gasteiger charge is -2.17. The molecule has 0 aliphatic carbocycles. The van der Waals surface area contributed by atoms with E-state index in [0.29, 0.717) is 0 Å². The maximum atomic E-state index is 6.06. The molecule has 1 aromatic heterocycles. The molecule has 0 saturated carbocycles. The van der Waals surface area contributed by atoms with Crippen LogP contribution in [0.4, 0.5) is 0 Å². The Balaban J connectivity index is 1.19. The monoisotopic (exact) mass is 570 g/mol. The van der Waals surface area contributed by atoms with Gasteiger partial charge < -0.3 is 4.42 Å². The van der Waals surface area contributed by atoms with Gasteiger partial charge >= 0.3 is 0 Å². The first kappa shape index (κ1) is 24.5. The second-order valence-corrected chi connectivity index (χ2v) is 12.0. The second-order valence-electron chi connectivity index (χ2n) is 12.0. The summed E-state index contributed by atoms with van der Waals surface area (Å²) in [7, 11) is 0. The van der Waals surface area contributed by atoms with Crippen molar-refractivity contribution in [1.82, 2.24) is 0 Å². The number of hydrogen-bond donors (Lipinski definition) is 0. The quantitative estimate of drug-likeness (QED) is 0.188. The van der Waals surface area contributed by atoms with E-state index in [1.165, 1.54) is 76.1 Å². The van der Waals surface area contributed by atoms with E-state index in [0.717, 1.165) is 21.9 Å². The highest BCUT2D eigenvalue weighted by atomic mass is 16.3. The molecule has 0 atom stereocenters. The van der Waals surface area contributed by atoms with Crippen LogP contribution in [0.3, 0.4) is 0 Å². The van der Waals surface area contributed by atoms with Gasteiger partial charge in [-0.3, -0.25) is 0 Å². The summed E-state index contributed by atoms with van der Waals surface area (Å²) in [4.78, 5) is 0. The van der Waals surface area contributed by atoms with Crippen LogP contribution < -0.4 is 0 Å². The van der Waals surface area contributed by atoms with Crippen LogP contribution in [0.1, 0.15) is 0 Å². The van der Waals surface area contributed by atoms with Crippen LogP contribution in [0.15, 0.2) is 162 Å². The Bertz CT molecular complexity index is 2780. The van der Waals surface area contributed by atoms with Crippen molar-refractivity contribution in [1.29, 1.82) is 0 Å². The normalized spacial score (nSPS) is 12.0. The van der Waals surface area contributed by atoms with Crippen molar-refractivity contribution in [2.45, 2.75) is 0 Å². The molecule has 10 aromatic rings. The Morgan fingerprint density at radius 2 is 0.622 bits per heavy atom. The summed E-state index contributed by atoms with van der Waals surface area (Å²) in [5.41, 5.74) is 6.67. The van der Waals surface area contributed by atoms with Crippen LogP contribution in [-0.4, -0.2) is 0 Å². The van der Waals surface area contributed by atoms with Gasteiger partial charge in [0.25, 0.3) is 0 Å². The van der Waals surface area contributed by atoms with Gasteiger partial charge in [0.2, 0.25) is 0 Å².